The van der Waals surface area contributed by atoms with Gasteiger partial charge in [-0.05, 0) is 50.0 Å². The number of piperidine rings is 1. The zero-order chi connectivity index (χ0) is 15.4. The number of nitrogens with zero attached hydrogens (tertiary/aromatic N) is 2. The van der Waals surface area contributed by atoms with Gasteiger partial charge in [0.05, 0.1) is 6.54 Å². The Bertz CT molecular complexity index is 501. The zero-order valence-electron chi connectivity index (χ0n) is 12.6. The van der Waals surface area contributed by atoms with Crippen LogP contribution < -0.4 is 0 Å². The van der Waals surface area contributed by atoms with Crippen LogP contribution in [0.4, 0.5) is 4.39 Å². The summed E-state index contributed by atoms with van der Waals surface area (Å²) >= 11 is 3.33. The summed E-state index contributed by atoms with van der Waals surface area (Å²) in [6, 6.07) is 4.81. The van der Waals surface area contributed by atoms with Crippen molar-refractivity contribution in [1.82, 2.24) is 9.80 Å². The summed E-state index contributed by atoms with van der Waals surface area (Å²) in [6.45, 7) is 4.94. The summed E-state index contributed by atoms with van der Waals surface area (Å²) < 4.78 is 14.5. The third-order valence-corrected chi connectivity index (χ3v) is 4.57. The minimum absolute atomic E-state index is 0.0453. The molecule has 1 aliphatic rings. The summed E-state index contributed by atoms with van der Waals surface area (Å²) in [7, 11) is 1.73. The average molecular weight is 357 g/mol. The molecule has 2 rings (SSSR count). The predicted octanol–water partition coefficient (Wildman–Crippen LogP) is 3.28. The van der Waals surface area contributed by atoms with E-state index >= 15 is 0 Å². The molecule has 0 spiro atoms. The van der Waals surface area contributed by atoms with E-state index in [1.165, 1.54) is 6.07 Å². The Hall–Kier alpha value is -0.940. The highest BCUT2D eigenvalue weighted by Gasteiger charge is 2.20. The van der Waals surface area contributed by atoms with E-state index in [2.05, 4.69) is 27.8 Å². The Morgan fingerprint density at radius 2 is 2.10 bits per heavy atom. The van der Waals surface area contributed by atoms with Crippen LogP contribution in [0.2, 0.25) is 0 Å². The topological polar surface area (TPSA) is 23.6 Å². The largest absolute Gasteiger partial charge is 0.340 e. The lowest BCUT2D eigenvalue weighted by atomic mass is 9.99. The highest BCUT2D eigenvalue weighted by molar-refractivity contribution is 9.10. The molecule has 3 nitrogen and oxygen atoms in total. The van der Waals surface area contributed by atoms with Gasteiger partial charge in [0, 0.05) is 23.6 Å². The molecule has 1 aromatic rings. The highest BCUT2D eigenvalue weighted by Crippen LogP contribution is 2.18. The molecule has 0 radical (unpaired) electrons. The molecule has 0 atom stereocenters. The Labute approximate surface area is 134 Å². The summed E-state index contributed by atoms with van der Waals surface area (Å²) in [4.78, 5) is 16.0. The lowest BCUT2D eigenvalue weighted by Crippen LogP contribution is -2.41. The zero-order valence-corrected chi connectivity index (χ0v) is 14.2. The summed E-state index contributed by atoms with van der Waals surface area (Å²) in [6.07, 6.45) is 2.30. The molecule has 0 aromatic heterocycles. The van der Waals surface area contributed by atoms with Gasteiger partial charge >= 0.3 is 0 Å². The van der Waals surface area contributed by atoms with E-state index in [1.54, 1.807) is 24.1 Å². The number of rotatable bonds is 4. The van der Waals surface area contributed by atoms with Crippen molar-refractivity contribution in [2.75, 3.05) is 26.7 Å². The first-order chi connectivity index (χ1) is 9.95. The SMILES string of the molecule is CC1CCN(CC(=O)N(C)Cc2cc(Br)ccc2F)CC1. The molecule has 5 heteroatoms. The fourth-order valence-corrected chi connectivity index (χ4v) is 2.95. The first kappa shape index (κ1) is 16.4. The van der Waals surface area contributed by atoms with Gasteiger partial charge in [0.2, 0.25) is 5.91 Å². The molecule has 1 aromatic carbocycles. The Kier molecular flexibility index (Phi) is 5.76. The smallest absolute Gasteiger partial charge is 0.236 e. The molecular formula is C16H22BrFN2O. The molecular weight excluding hydrogens is 335 g/mol. The number of hydrogen-bond acceptors (Lipinski definition) is 2. The minimum Gasteiger partial charge on any atom is -0.340 e. The molecule has 1 amide bonds. The van der Waals surface area contributed by atoms with E-state index < -0.39 is 0 Å². The van der Waals surface area contributed by atoms with E-state index in [4.69, 9.17) is 0 Å². The number of likely N-dealkylation sites (N-methyl/N-ethyl adjacent to an activating group) is 1. The summed E-state index contributed by atoms with van der Waals surface area (Å²) in [5.41, 5.74) is 0.535. The van der Waals surface area contributed by atoms with Crippen molar-refractivity contribution in [2.24, 2.45) is 5.92 Å². The normalized spacial score (nSPS) is 17.0. The third kappa shape index (κ3) is 4.78. The average Bonchev–Trinajstić information content (AvgIpc) is 2.45. The van der Waals surface area contributed by atoms with Gasteiger partial charge in [0.15, 0.2) is 0 Å². The predicted molar refractivity (Wildman–Crippen MR) is 85.4 cm³/mol. The molecule has 116 valence electrons. The number of hydrogen-bond donors (Lipinski definition) is 0. The van der Waals surface area contributed by atoms with Crippen LogP contribution in [-0.4, -0.2) is 42.4 Å². The van der Waals surface area contributed by atoms with E-state index in [1.807, 2.05) is 0 Å². The minimum atomic E-state index is -0.273. The van der Waals surface area contributed by atoms with Crippen LogP contribution in [0, 0.1) is 11.7 Å². The van der Waals surface area contributed by atoms with E-state index in [9.17, 15) is 9.18 Å². The standard InChI is InChI=1S/C16H22BrFN2O/c1-12-5-7-20(8-6-12)11-16(21)19(2)10-13-9-14(17)3-4-15(13)18/h3-4,9,12H,5-8,10-11H2,1-2H3. The van der Waals surface area contributed by atoms with Gasteiger partial charge in [-0.25, -0.2) is 4.39 Å². The fraction of sp³-hybridized carbons (Fsp3) is 0.562. The van der Waals surface area contributed by atoms with Crippen molar-refractivity contribution in [1.29, 1.82) is 0 Å². The number of likely N-dealkylation sites (tertiary alicyclic amines) is 1. The number of benzene rings is 1. The molecule has 1 fully saturated rings. The van der Waals surface area contributed by atoms with Crippen LogP contribution in [0.5, 0.6) is 0 Å². The first-order valence-electron chi connectivity index (χ1n) is 7.36. The van der Waals surface area contributed by atoms with Crippen molar-refractivity contribution in [2.45, 2.75) is 26.3 Å². The van der Waals surface area contributed by atoms with Gasteiger partial charge in [-0.15, -0.1) is 0 Å². The Morgan fingerprint density at radius 3 is 2.76 bits per heavy atom. The maximum Gasteiger partial charge on any atom is 0.236 e. The second kappa shape index (κ2) is 7.36. The second-order valence-corrected chi connectivity index (χ2v) is 6.86. The van der Waals surface area contributed by atoms with E-state index in [0.717, 1.165) is 36.3 Å². The van der Waals surface area contributed by atoms with Crippen LogP contribution >= 0.6 is 15.9 Å². The van der Waals surface area contributed by atoms with Crippen molar-refractivity contribution < 1.29 is 9.18 Å². The molecule has 0 N–H and O–H groups in total. The van der Waals surface area contributed by atoms with Crippen molar-refractivity contribution in [3.63, 3.8) is 0 Å². The molecule has 0 unspecified atom stereocenters. The van der Waals surface area contributed by atoms with Crippen molar-refractivity contribution in [3.8, 4) is 0 Å². The molecule has 0 bridgehead atoms. The maximum absolute atomic E-state index is 13.7. The van der Waals surface area contributed by atoms with Gasteiger partial charge in [0.25, 0.3) is 0 Å². The number of halogens is 2. The third-order valence-electron chi connectivity index (χ3n) is 4.08. The number of carbonyl (C=O) groups is 1. The molecule has 0 saturated carbocycles. The summed E-state index contributed by atoms with van der Waals surface area (Å²) in [5.74, 6) is 0.526. The number of carbonyl (C=O) groups excluding carboxylic acids is 1. The van der Waals surface area contributed by atoms with Gasteiger partial charge in [-0.1, -0.05) is 22.9 Å². The van der Waals surface area contributed by atoms with Gasteiger partial charge in [0.1, 0.15) is 5.82 Å². The fourth-order valence-electron chi connectivity index (χ4n) is 2.54. The lowest BCUT2D eigenvalue weighted by molar-refractivity contribution is -0.132. The second-order valence-electron chi connectivity index (χ2n) is 5.94. The van der Waals surface area contributed by atoms with Crippen LogP contribution in [0.3, 0.4) is 0 Å². The van der Waals surface area contributed by atoms with Crippen LogP contribution in [0.25, 0.3) is 0 Å². The van der Waals surface area contributed by atoms with Gasteiger partial charge in [-0.3, -0.25) is 9.69 Å². The summed E-state index contributed by atoms with van der Waals surface area (Å²) in [5, 5.41) is 0. The quantitative estimate of drug-likeness (QED) is 0.826. The van der Waals surface area contributed by atoms with Gasteiger partial charge in [-0.2, -0.15) is 0 Å². The van der Waals surface area contributed by atoms with E-state index in [-0.39, 0.29) is 11.7 Å². The first-order valence-corrected chi connectivity index (χ1v) is 8.15. The molecule has 1 aliphatic heterocycles. The van der Waals surface area contributed by atoms with Crippen LogP contribution in [0.1, 0.15) is 25.3 Å². The van der Waals surface area contributed by atoms with Gasteiger partial charge < -0.3 is 4.90 Å². The molecule has 1 saturated heterocycles. The maximum atomic E-state index is 13.7. The lowest BCUT2D eigenvalue weighted by Gasteiger charge is -2.31. The molecule has 0 aliphatic carbocycles. The van der Waals surface area contributed by atoms with E-state index in [0.29, 0.717) is 18.7 Å². The van der Waals surface area contributed by atoms with Crippen LogP contribution in [0.15, 0.2) is 22.7 Å². The highest BCUT2D eigenvalue weighted by atomic mass is 79.9. The van der Waals surface area contributed by atoms with Crippen molar-refractivity contribution >= 4 is 21.8 Å². The molecule has 21 heavy (non-hydrogen) atoms. The molecule has 1 heterocycles. The van der Waals surface area contributed by atoms with Crippen LogP contribution in [-0.2, 0) is 11.3 Å². The Balaban J connectivity index is 1.89. The monoisotopic (exact) mass is 356 g/mol. The number of amides is 1. The van der Waals surface area contributed by atoms with Crippen molar-refractivity contribution in [3.05, 3.63) is 34.1 Å². The Morgan fingerprint density at radius 1 is 1.43 bits per heavy atom.